The van der Waals surface area contributed by atoms with Gasteiger partial charge in [-0.3, -0.25) is 9.88 Å². The molecule has 0 fully saturated rings. The number of halogens is 1. The van der Waals surface area contributed by atoms with Gasteiger partial charge in [0.2, 0.25) is 0 Å². The van der Waals surface area contributed by atoms with E-state index >= 15 is 0 Å². The van der Waals surface area contributed by atoms with Gasteiger partial charge in [-0.15, -0.1) is 0 Å². The van der Waals surface area contributed by atoms with Crippen LogP contribution in [0.4, 0.5) is 0 Å². The van der Waals surface area contributed by atoms with Gasteiger partial charge in [-0.2, -0.15) is 0 Å². The third-order valence-corrected chi connectivity index (χ3v) is 2.99. The Morgan fingerprint density at radius 1 is 1.38 bits per heavy atom. The zero-order valence-corrected chi connectivity index (χ0v) is 11.3. The maximum atomic E-state index is 5.93. The summed E-state index contributed by atoms with van der Waals surface area (Å²) in [4.78, 5) is 6.63. The van der Waals surface area contributed by atoms with Crippen molar-refractivity contribution in [2.24, 2.45) is 5.92 Å². The molecule has 1 atom stereocenters. The summed E-state index contributed by atoms with van der Waals surface area (Å²) in [6.45, 7) is 7.61. The van der Waals surface area contributed by atoms with E-state index in [1.54, 1.807) is 6.20 Å². The molecule has 0 saturated heterocycles. The van der Waals surface area contributed by atoms with Gasteiger partial charge in [-0.1, -0.05) is 25.4 Å². The van der Waals surface area contributed by atoms with Crippen LogP contribution < -0.4 is 0 Å². The van der Waals surface area contributed by atoms with E-state index in [1.165, 1.54) is 6.42 Å². The summed E-state index contributed by atoms with van der Waals surface area (Å²) >= 11 is 5.93. The lowest BCUT2D eigenvalue weighted by Crippen LogP contribution is -2.30. The van der Waals surface area contributed by atoms with Crippen LogP contribution in [0.2, 0.25) is 5.02 Å². The van der Waals surface area contributed by atoms with Crippen LogP contribution in [0.25, 0.3) is 0 Å². The van der Waals surface area contributed by atoms with E-state index in [-0.39, 0.29) is 0 Å². The summed E-state index contributed by atoms with van der Waals surface area (Å²) in [5, 5.41) is 0.759. The first kappa shape index (κ1) is 13.5. The van der Waals surface area contributed by atoms with Crippen LogP contribution in [-0.2, 0) is 6.54 Å². The molecule has 1 aromatic rings. The van der Waals surface area contributed by atoms with Gasteiger partial charge in [0, 0.05) is 23.8 Å². The van der Waals surface area contributed by atoms with Gasteiger partial charge in [-0.25, -0.2) is 0 Å². The molecule has 0 aromatic carbocycles. The highest BCUT2D eigenvalue weighted by Gasteiger charge is 2.11. The predicted octanol–water partition coefficient (Wildman–Crippen LogP) is 3.60. The second-order valence-corrected chi connectivity index (χ2v) is 5.30. The molecule has 90 valence electrons. The fourth-order valence-corrected chi connectivity index (χ4v) is 1.99. The van der Waals surface area contributed by atoms with Gasteiger partial charge >= 0.3 is 0 Å². The van der Waals surface area contributed by atoms with Crippen molar-refractivity contribution in [3.8, 4) is 0 Å². The van der Waals surface area contributed by atoms with Gasteiger partial charge in [0.25, 0.3) is 0 Å². The molecule has 0 radical (unpaired) electrons. The SMILES string of the molecule is CC(C)CC(C)N(C)Cc1cc(Cl)ccn1. The molecule has 0 N–H and O–H groups in total. The van der Waals surface area contributed by atoms with Crippen molar-refractivity contribution >= 4 is 11.6 Å². The minimum Gasteiger partial charge on any atom is -0.298 e. The standard InChI is InChI=1S/C13H21ClN2/c1-10(2)7-11(3)16(4)9-13-8-12(14)5-6-15-13/h5-6,8,10-11H,7,9H2,1-4H3. The second-order valence-electron chi connectivity index (χ2n) is 4.86. The Bertz CT molecular complexity index is 325. The summed E-state index contributed by atoms with van der Waals surface area (Å²) in [6.07, 6.45) is 2.97. The lowest BCUT2D eigenvalue weighted by atomic mass is 10.0. The minimum absolute atomic E-state index is 0.570. The van der Waals surface area contributed by atoms with E-state index in [0.29, 0.717) is 6.04 Å². The molecule has 16 heavy (non-hydrogen) atoms. The molecule has 0 spiro atoms. The van der Waals surface area contributed by atoms with E-state index < -0.39 is 0 Å². The molecular formula is C13H21ClN2. The Morgan fingerprint density at radius 3 is 2.62 bits per heavy atom. The first-order valence-electron chi connectivity index (χ1n) is 5.79. The number of aromatic nitrogens is 1. The highest BCUT2D eigenvalue weighted by atomic mass is 35.5. The van der Waals surface area contributed by atoms with Gasteiger partial charge in [0.05, 0.1) is 5.69 Å². The Labute approximate surface area is 104 Å². The normalized spacial score (nSPS) is 13.4. The first-order chi connectivity index (χ1) is 7.49. The average molecular weight is 241 g/mol. The number of nitrogens with zero attached hydrogens (tertiary/aromatic N) is 2. The maximum absolute atomic E-state index is 5.93. The largest absolute Gasteiger partial charge is 0.298 e. The van der Waals surface area contributed by atoms with Gasteiger partial charge in [0.1, 0.15) is 0 Å². The zero-order chi connectivity index (χ0) is 12.1. The van der Waals surface area contributed by atoms with Gasteiger partial charge in [-0.05, 0) is 38.4 Å². The van der Waals surface area contributed by atoms with E-state index in [2.05, 4.69) is 37.7 Å². The molecule has 0 saturated carbocycles. The molecule has 0 aliphatic carbocycles. The Balaban J connectivity index is 2.53. The fraction of sp³-hybridized carbons (Fsp3) is 0.615. The lowest BCUT2D eigenvalue weighted by Gasteiger charge is -2.25. The molecule has 3 heteroatoms. The quantitative estimate of drug-likeness (QED) is 0.782. The highest BCUT2D eigenvalue weighted by molar-refractivity contribution is 6.30. The average Bonchev–Trinajstić information content (AvgIpc) is 2.16. The summed E-state index contributed by atoms with van der Waals surface area (Å²) in [7, 11) is 2.13. The zero-order valence-electron chi connectivity index (χ0n) is 10.6. The first-order valence-corrected chi connectivity index (χ1v) is 6.17. The van der Waals surface area contributed by atoms with Gasteiger partial charge < -0.3 is 0 Å². The number of hydrogen-bond donors (Lipinski definition) is 0. The topological polar surface area (TPSA) is 16.1 Å². The molecule has 2 nitrogen and oxygen atoms in total. The van der Waals surface area contributed by atoms with Crippen molar-refractivity contribution in [2.75, 3.05) is 7.05 Å². The van der Waals surface area contributed by atoms with Crippen molar-refractivity contribution in [3.63, 3.8) is 0 Å². The minimum atomic E-state index is 0.570. The van der Waals surface area contributed by atoms with Crippen LogP contribution in [0, 0.1) is 5.92 Å². The highest BCUT2D eigenvalue weighted by Crippen LogP contribution is 2.14. The summed E-state index contributed by atoms with van der Waals surface area (Å²) in [5.74, 6) is 0.727. The van der Waals surface area contributed by atoms with Crippen LogP contribution in [-0.4, -0.2) is 23.0 Å². The number of rotatable bonds is 5. The third-order valence-electron chi connectivity index (χ3n) is 2.75. The second kappa shape index (κ2) is 6.21. The van der Waals surface area contributed by atoms with Crippen LogP contribution in [0.5, 0.6) is 0 Å². The van der Waals surface area contributed by atoms with Crippen LogP contribution in [0.1, 0.15) is 32.9 Å². The lowest BCUT2D eigenvalue weighted by molar-refractivity contribution is 0.218. The molecule has 0 aliphatic heterocycles. The fourth-order valence-electron chi connectivity index (χ4n) is 1.81. The monoisotopic (exact) mass is 240 g/mol. The van der Waals surface area contributed by atoms with Crippen molar-refractivity contribution in [1.82, 2.24) is 9.88 Å². The van der Waals surface area contributed by atoms with Crippen LogP contribution >= 0.6 is 11.6 Å². The Hall–Kier alpha value is -0.600. The van der Waals surface area contributed by atoms with Crippen molar-refractivity contribution in [3.05, 3.63) is 29.0 Å². The van der Waals surface area contributed by atoms with Gasteiger partial charge in [0.15, 0.2) is 0 Å². The molecule has 1 rings (SSSR count). The Morgan fingerprint density at radius 2 is 2.06 bits per heavy atom. The summed E-state index contributed by atoms with van der Waals surface area (Å²) in [5.41, 5.74) is 1.03. The molecule has 1 heterocycles. The van der Waals surface area contributed by atoms with Crippen molar-refractivity contribution < 1.29 is 0 Å². The maximum Gasteiger partial charge on any atom is 0.0558 e. The van der Waals surface area contributed by atoms with Crippen molar-refractivity contribution in [1.29, 1.82) is 0 Å². The Kier molecular flexibility index (Phi) is 5.23. The summed E-state index contributed by atoms with van der Waals surface area (Å²) < 4.78 is 0. The van der Waals surface area contributed by atoms with Crippen molar-refractivity contribution in [2.45, 2.75) is 39.8 Å². The molecule has 0 amide bonds. The molecule has 1 unspecified atom stereocenters. The molecular weight excluding hydrogens is 220 g/mol. The van der Waals surface area contributed by atoms with E-state index in [1.807, 2.05) is 12.1 Å². The van der Waals surface area contributed by atoms with E-state index in [4.69, 9.17) is 11.6 Å². The number of hydrogen-bond acceptors (Lipinski definition) is 2. The van der Waals surface area contributed by atoms with Crippen LogP contribution in [0.3, 0.4) is 0 Å². The van der Waals surface area contributed by atoms with E-state index in [9.17, 15) is 0 Å². The predicted molar refractivity (Wildman–Crippen MR) is 69.6 cm³/mol. The van der Waals surface area contributed by atoms with E-state index in [0.717, 1.165) is 23.2 Å². The smallest absolute Gasteiger partial charge is 0.0558 e. The third kappa shape index (κ3) is 4.50. The summed E-state index contributed by atoms with van der Waals surface area (Å²) in [6, 6.07) is 4.31. The molecule has 0 bridgehead atoms. The number of pyridine rings is 1. The molecule has 1 aromatic heterocycles. The van der Waals surface area contributed by atoms with Crippen LogP contribution in [0.15, 0.2) is 18.3 Å². The molecule has 0 aliphatic rings.